The molecule has 2 N–H and O–H groups in total. The van der Waals surface area contributed by atoms with E-state index in [0.717, 1.165) is 9.88 Å². The summed E-state index contributed by atoms with van der Waals surface area (Å²) in [5.74, 6) is -1.53. The fourth-order valence-electron chi connectivity index (χ4n) is 1.44. The average molecular weight is 312 g/mol. The summed E-state index contributed by atoms with van der Waals surface area (Å²) in [6, 6.07) is 3.84. The molecule has 0 aliphatic carbocycles. The highest BCUT2D eigenvalue weighted by Crippen LogP contribution is 2.27. The van der Waals surface area contributed by atoms with Gasteiger partial charge in [-0.15, -0.1) is 22.7 Å². The summed E-state index contributed by atoms with van der Waals surface area (Å²) in [7, 11) is 1.28. The lowest BCUT2D eigenvalue weighted by Gasteiger charge is -2.10. The van der Waals surface area contributed by atoms with Gasteiger partial charge in [0.25, 0.3) is 5.91 Å². The van der Waals surface area contributed by atoms with Crippen LogP contribution >= 0.6 is 22.7 Å². The Bertz CT molecular complexity index is 594. The molecule has 0 radical (unpaired) electrons. The summed E-state index contributed by atoms with van der Waals surface area (Å²) in [6.07, 6.45) is -1.06. The number of rotatable bonds is 6. The van der Waals surface area contributed by atoms with Crippen LogP contribution < -0.4 is 5.32 Å². The molecule has 0 saturated carbocycles. The Labute approximate surface area is 123 Å². The molecule has 0 aliphatic heterocycles. The maximum Gasteiger partial charge on any atom is 0.334 e. The molecule has 1 unspecified atom stereocenters. The van der Waals surface area contributed by atoms with Crippen LogP contribution in [0.2, 0.25) is 0 Å². The van der Waals surface area contributed by atoms with Crippen molar-refractivity contribution in [1.82, 2.24) is 10.3 Å². The normalized spacial score (nSPS) is 12.1. The Balaban J connectivity index is 1.98. The minimum atomic E-state index is -1.12. The lowest BCUT2D eigenvalue weighted by Crippen LogP contribution is -2.37. The van der Waals surface area contributed by atoms with Crippen molar-refractivity contribution in [2.75, 3.05) is 13.7 Å². The van der Waals surface area contributed by atoms with Gasteiger partial charge in [0.2, 0.25) is 0 Å². The van der Waals surface area contributed by atoms with Crippen molar-refractivity contribution in [2.24, 2.45) is 0 Å². The lowest BCUT2D eigenvalue weighted by molar-refractivity contribution is -0.148. The first-order valence-corrected chi connectivity index (χ1v) is 7.41. The molecule has 20 heavy (non-hydrogen) atoms. The zero-order valence-electron chi connectivity index (χ0n) is 10.5. The van der Waals surface area contributed by atoms with Gasteiger partial charge in [-0.25, -0.2) is 9.78 Å². The number of nitrogens with zero attached hydrogens (tertiary/aromatic N) is 1. The summed E-state index contributed by atoms with van der Waals surface area (Å²) in [5, 5.41) is 15.6. The Morgan fingerprint density at radius 3 is 2.90 bits per heavy atom. The van der Waals surface area contributed by atoms with Gasteiger partial charge in [0.15, 0.2) is 6.10 Å². The van der Waals surface area contributed by atoms with Crippen LogP contribution in [0.3, 0.4) is 0 Å². The lowest BCUT2D eigenvalue weighted by atomic mass is 10.3. The summed E-state index contributed by atoms with van der Waals surface area (Å²) in [6.45, 7) is -0.101. The smallest absolute Gasteiger partial charge is 0.334 e. The van der Waals surface area contributed by atoms with Crippen molar-refractivity contribution in [3.8, 4) is 9.88 Å². The Hall–Kier alpha value is -1.77. The van der Waals surface area contributed by atoms with Gasteiger partial charge < -0.3 is 15.2 Å². The van der Waals surface area contributed by atoms with Gasteiger partial charge in [-0.3, -0.25) is 4.79 Å². The fraction of sp³-hybridized carbons (Fsp3) is 0.250. The maximum absolute atomic E-state index is 11.9. The second-order valence-electron chi connectivity index (χ2n) is 3.79. The van der Waals surface area contributed by atoms with Crippen molar-refractivity contribution in [3.05, 3.63) is 28.6 Å². The molecule has 0 saturated heterocycles. The third kappa shape index (κ3) is 3.41. The predicted molar refractivity (Wildman–Crippen MR) is 76.2 cm³/mol. The van der Waals surface area contributed by atoms with Crippen molar-refractivity contribution in [1.29, 1.82) is 0 Å². The van der Waals surface area contributed by atoms with Crippen molar-refractivity contribution in [2.45, 2.75) is 6.10 Å². The number of carbonyl (C=O) groups is 2. The molecule has 1 atom stereocenters. The summed E-state index contributed by atoms with van der Waals surface area (Å²) >= 11 is 2.92. The highest BCUT2D eigenvalue weighted by Gasteiger charge is 2.19. The van der Waals surface area contributed by atoms with E-state index in [4.69, 9.17) is 9.84 Å². The number of carboxylic acids is 1. The van der Waals surface area contributed by atoms with E-state index in [1.165, 1.54) is 18.4 Å². The molecule has 6 nitrogen and oxygen atoms in total. The van der Waals surface area contributed by atoms with Gasteiger partial charge >= 0.3 is 5.97 Å². The number of amides is 1. The number of aliphatic carboxylic acids is 1. The molecule has 2 heterocycles. The van der Waals surface area contributed by atoms with Gasteiger partial charge in [0.05, 0.1) is 11.4 Å². The van der Waals surface area contributed by atoms with Gasteiger partial charge in [0.1, 0.15) is 10.7 Å². The number of thiophene rings is 1. The molecule has 0 fully saturated rings. The molecule has 0 aliphatic rings. The maximum atomic E-state index is 11.9. The molecule has 0 aromatic carbocycles. The quantitative estimate of drug-likeness (QED) is 0.847. The first-order chi connectivity index (χ1) is 9.61. The molecule has 0 spiro atoms. The number of aromatic nitrogens is 1. The highest BCUT2D eigenvalue weighted by atomic mass is 32.1. The third-order valence-corrected chi connectivity index (χ3v) is 4.36. The van der Waals surface area contributed by atoms with Crippen molar-refractivity contribution in [3.63, 3.8) is 0 Å². The second-order valence-corrected chi connectivity index (χ2v) is 5.59. The molecule has 2 rings (SSSR count). The molecular weight excluding hydrogens is 300 g/mol. The van der Waals surface area contributed by atoms with E-state index in [1.807, 2.05) is 17.5 Å². The number of carboxylic acid groups (broad SMARTS) is 1. The largest absolute Gasteiger partial charge is 0.479 e. The van der Waals surface area contributed by atoms with E-state index in [1.54, 1.807) is 16.7 Å². The van der Waals surface area contributed by atoms with Crippen LogP contribution in [-0.4, -0.2) is 41.7 Å². The highest BCUT2D eigenvalue weighted by molar-refractivity contribution is 7.20. The van der Waals surface area contributed by atoms with Crippen LogP contribution in [0, 0.1) is 0 Å². The SMILES string of the molecule is COC(CNC(=O)c1csc(-c2cccs2)n1)C(=O)O. The average Bonchev–Trinajstić information content (AvgIpc) is 3.09. The topological polar surface area (TPSA) is 88.5 Å². The summed E-state index contributed by atoms with van der Waals surface area (Å²) in [5.41, 5.74) is 0.277. The number of hydrogen-bond donors (Lipinski definition) is 2. The summed E-state index contributed by atoms with van der Waals surface area (Å²) < 4.78 is 4.73. The minimum Gasteiger partial charge on any atom is -0.479 e. The van der Waals surface area contributed by atoms with Crippen molar-refractivity contribution >= 4 is 34.6 Å². The predicted octanol–water partition coefficient (Wildman–Crippen LogP) is 1.70. The van der Waals surface area contributed by atoms with Gasteiger partial charge in [0, 0.05) is 12.5 Å². The fourth-order valence-corrected chi connectivity index (χ4v) is 3.05. The first-order valence-electron chi connectivity index (χ1n) is 5.65. The van der Waals surface area contributed by atoms with Crippen LogP contribution in [0.15, 0.2) is 22.9 Å². The monoisotopic (exact) mass is 312 g/mol. The van der Waals surface area contributed by atoms with E-state index in [0.29, 0.717) is 0 Å². The molecule has 2 aromatic heterocycles. The Morgan fingerprint density at radius 1 is 1.50 bits per heavy atom. The Morgan fingerprint density at radius 2 is 2.30 bits per heavy atom. The standard InChI is InChI=1S/C12H12N2O4S2/c1-18-8(12(16)17)5-13-10(15)7-6-20-11(14-7)9-3-2-4-19-9/h2-4,6,8H,5H2,1H3,(H,13,15)(H,16,17). The Kier molecular flexibility index (Phi) is 4.83. The number of hydrogen-bond acceptors (Lipinski definition) is 6. The van der Waals surface area contributed by atoms with Crippen LogP contribution in [0.5, 0.6) is 0 Å². The van der Waals surface area contributed by atoms with E-state index in [9.17, 15) is 9.59 Å². The molecule has 1 amide bonds. The van der Waals surface area contributed by atoms with E-state index in [2.05, 4.69) is 10.3 Å². The molecule has 106 valence electrons. The van der Waals surface area contributed by atoms with Gasteiger partial charge in [-0.2, -0.15) is 0 Å². The number of thiazole rings is 1. The number of methoxy groups -OCH3 is 1. The first kappa shape index (κ1) is 14.6. The number of carbonyl (C=O) groups excluding carboxylic acids is 1. The summed E-state index contributed by atoms with van der Waals surface area (Å²) in [4.78, 5) is 27.8. The van der Waals surface area contributed by atoms with Gasteiger partial charge in [-0.05, 0) is 11.4 Å². The zero-order chi connectivity index (χ0) is 14.5. The zero-order valence-corrected chi connectivity index (χ0v) is 12.2. The van der Waals surface area contributed by atoms with E-state index >= 15 is 0 Å². The number of nitrogens with one attached hydrogen (secondary N) is 1. The van der Waals surface area contributed by atoms with Crippen LogP contribution in [0.25, 0.3) is 9.88 Å². The third-order valence-electron chi connectivity index (χ3n) is 2.48. The molecule has 0 bridgehead atoms. The van der Waals surface area contributed by atoms with Crippen molar-refractivity contribution < 1.29 is 19.4 Å². The van der Waals surface area contributed by atoms with Gasteiger partial charge in [-0.1, -0.05) is 6.07 Å². The second kappa shape index (κ2) is 6.60. The number of ether oxygens (including phenoxy) is 1. The van der Waals surface area contributed by atoms with Crippen LogP contribution in [0.4, 0.5) is 0 Å². The molecular formula is C12H12N2O4S2. The van der Waals surface area contributed by atoms with Crippen LogP contribution in [-0.2, 0) is 9.53 Å². The molecule has 8 heteroatoms. The van der Waals surface area contributed by atoms with E-state index < -0.39 is 18.0 Å². The molecule has 2 aromatic rings. The van der Waals surface area contributed by atoms with E-state index in [-0.39, 0.29) is 12.2 Å². The minimum absolute atomic E-state index is 0.101. The van der Waals surface area contributed by atoms with Crippen LogP contribution in [0.1, 0.15) is 10.5 Å².